The molecule has 0 saturated carbocycles. The largest absolute Gasteiger partial charge is 0.359 e. The number of methoxy groups -OCH3 is 1. The summed E-state index contributed by atoms with van der Waals surface area (Å²) in [6.45, 7) is 0.371. The normalized spacial score (nSPS) is 14.5. The van der Waals surface area contributed by atoms with Crippen LogP contribution in [0.3, 0.4) is 0 Å². The Morgan fingerprint density at radius 2 is 1.73 bits per heavy atom. The van der Waals surface area contributed by atoms with Gasteiger partial charge in [-0.3, -0.25) is 9.59 Å². The minimum absolute atomic E-state index is 0.0223. The fraction of sp³-hybridized carbons (Fsp3) is 0.182. The van der Waals surface area contributed by atoms with Gasteiger partial charge in [0.2, 0.25) is 5.82 Å². The van der Waals surface area contributed by atoms with Crippen molar-refractivity contribution in [3.8, 4) is 22.5 Å². The van der Waals surface area contributed by atoms with Gasteiger partial charge < -0.3 is 19.7 Å². The first-order chi connectivity index (χ1) is 21.9. The summed E-state index contributed by atoms with van der Waals surface area (Å²) in [4.78, 5) is 29.2. The number of H-pyrrole nitrogens is 1. The number of hydrogen-bond acceptors (Lipinski definition) is 7. The summed E-state index contributed by atoms with van der Waals surface area (Å²) in [5.74, 6) is -1.63. The summed E-state index contributed by atoms with van der Waals surface area (Å²) in [5, 5.41) is 17.1. The molecule has 1 aliphatic rings. The molecule has 1 atom stereocenters. The van der Waals surface area contributed by atoms with Crippen molar-refractivity contribution in [3.63, 3.8) is 0 Å². The average molecular weight is 611 g/mol. The van der Waals surface area contributed by atoms with Gasteiger partial charge in [0.05, 0.1) is 11.7 Å². The van der Waals surface area contributed by atoms with Gasteiger partial charge in [-0.2, -0.15) is 5.21 Å². The maximum Gasteiger partial charge on any atom is 0.259 e. The van der Waals surface area contributed by atoms with Crippen molar-refractivity contribution in [2.75, 3.05) is 30.7 Å². The van der Waals surface area contributed by atoms with Crippen molar-refractivity contribution in [3.05, 3.63) is 113 Å². The van der Waals surface area contributed by atoms with E-state index in [4.69, 9.17) is 9.47 Å². The SMILES string of the molecule is COCOC1CCCN(C(=O)c2ccc(NC(=O)c3ccc(F)cc3-c3ccccc3)cc2-c2nn[nH]n2)c2ccc(F)cc21. The molecule has 12 heteroatoms. The monoisotopic (exact) mass is 610 g/mol. The lowest BCUT2D eigenvalue weighted by Gasteiger charge is -2.25. The van der Waals surface area contributed by atoms with Crippen LogP contribution >= 0.6 is 0 Å². The zero-order chi connectivity index (χ0) is 31.3. The Bertz CT molecular complexity index is 1830. The maximum atomic E-state index is 14.4. The Morgan fingerprint density at radius 1 is 0.956 bits per heavy atom. The lowest BCUT2D eigenvalue weighted by Crippen LogP contribution is -2.32. The molecule has 0 aliphatic carbocycles. The van der Waals surface area contributed by atoms with Crippen LogP contribution in [0, 0.1) is 11.6 Å². The number of aromatic nitrogens is 4. The number of benzene rings is 4. The van der Waals surface area contributed by atoms with Gasteiger partial charge >= 0.3 is 0 Å². The quantitative estimate of drug-likeness (QED) is 0.202. The first-order valence-electron chi connectivity index (χ1n) is 14.2. The van der Waals surface area contributed by atoms with E-state index in [1.54, 1.807) is 53.4 Å². The second-order valence-electron chi connectivity index (χ2n) is 10.4. The highest BCUT2D eigenvalue weighted by Crippen LogP contribution is 2.37. The van der Waals surface area contributed by atoms with Gasteiger partial charge in [-0.25, -0.2) is 8.78 Å². The van der Waals surface area contributed by atoms with Crippen molar-refractivity contribution in [1.29, 1.82) is 0 Å². The smallest absolute Gasteiger partial charge is 0.259 e. The number of halogens is 2. The van der Waals surface area contributed by atoms with Crippen molar-refractivity contribution in [2.45, 2.75) is 18.9 Å². The van der Waals surface area contributed by atoms with E-state index >= 15 is 0 Å². The van der Waals surface area contributed by atoms with Gasteiger partial charge in [-0.15, -0.1) is 10.2 Å². The van der Waals surface area contributed by atoms with Gasteiger partial charge in [0.25, 0.3) is 11.8 Å². The number of amides is 2. The fourth-order valence-corrected chi connectivity index (χ4v) is 5.46. The number of carbonyl (C=O) groups is 2. The molecular weight excluding hydrogens is 582 g/mol. The van der Waals surface area contributed by atoms with E-state index in [1.807, 2.05) is 6.07 Å². The van der Waals surface area contributed by atoms with Crippen LogP contribution in [0.2, 0.25) is 0 Å². The molecule has 2 heterocycles. The molecule has 2 amide bonds. The standard InChI is InChI=1S/C33H28F2N6O4/c1-44-19-45-30-8-5-15-41(29-14-10-22(35)17-28(29)30)33(43)25-13-11-23(18-27(25)31-37-39-40-38-31)36-32(42)24-12-9-21(34)16-26(24)20-6-3-2-4-7-20/h2-4,6-7,9-14,16-18,30H,5,8,15,19H2,1H3,(H,36,42)(H,37,38,39,40). The van der Waals surface area contributed by atoms with Crippen LogP contribution in [0.1, 0.15) is 45.2 Å². The predicted octanol–water partition coefficient (Wildman–Crippen LogP) is 6.17. The summed E-state index contributed by atoms with van der Waals surface area (Å²) in [5.41, 5.74) is 3.35. The van der Waals surface area contributed by atoms with E-state index in [-0.39, 0.29) is 29.7 Å². The highest BCUT2D eigenvalue weighted by Gasteiger charge is 2.30. The molecule has 0 bridgehead atoms. The van der Waals surface area contributed by atoms with E-state index in [2.05, 4.69) is 25.9 Å². The lowest BCUT2D eigenvalue weighted by atomic mass is 9.98. The number of aromatic amines is 1. The molecule has 0 spiro atoms. The fourth-order valence-electron chi connectivity index (χ4n) is 5.46. The predicted molar refractivity (Wildman–Crippen MR) is 162 cm³/mol. The zero-order valence-electron chi connectivity index (χ0n) is 24.2. The lowest BCUT2D eigenvalue weighted by molar-refractivity contribution is -0.0754. The second kappa shape index (κ2) is 13.1. The van der Waals surface area contributed by atoms with Gasteiger partial charge in [-0.05, 0) is 83.8 Å². The molecule has 0 saturated heterocycles. The van der Waals surface area contributed by atoms with Gasteiger partial charge in [0.1, 0.15) is 18.4 Å². The van der Waals surface area contributed by atoms with E-state index < -0.39 is 23.6 Å². The van der Waals surface area contributed by atoms with E-state index in [0.29, 0.717) is 53.0 Å². The Balaban J connectivity index is 1.35. The average Bonchev–Trinajstić information content (AvgIpc) is 3.54. The number of nitrogens with one attached hydrogen (secondary N) is 2. The minimum Gasteiger partial charge on any atom is -0.359 e. The molecular formula is C33H28F2N6O4. The molecule has 228 valence electrons. The van der Waals surface area contributed by atoms with Crippen LogP contribution in [0.5, 0.6) is 0 Å². The van der Waals surface area contributed by atoms with Crippen LogP contribution in [0.15, 0.2) is 84.9 Å². The Morgan fingerprint density at radius 3 is 2.51 bits per heavy atom. The van der Waals surface area contributed by atoms with Crippen LogP contribution in [0.25, 0.3) is 22.5 Å². The third-order valence-corrected chi connectivity index (χ3v) is 7.51. The van der Waals surface area contributed by atoms with Gasteiger partial charge in [0, 0.05) is 41.7 Å². The number of anilines is 2. The topological polar surface area (TPSA) is 122 Å². The summed E-state index contributed by atoms with van der Waals surface area (Å²) < 4.78 is 39.5. The van der Waals surface area contributed by atoms with Crippen molar-refractivity contribution < 1.29 is 27.8 Å². The molecule has 0 fully saturated rings. The van der Waals surface area contributed by atoms with Crippen LogP contribution < -0.4 is 10.2 Å². The first-order valence-corrected chi connectivity index (χ1v) is 14.2. The van der Waals surface area contributed by atoms with Crippen molar-refractivity contribution >= 4 is 23.2 Å². The third-order valence-electron chi connectivity index (χ3n) is 7.51. The minimum atomic E-state index is -0.474. The van der Waals surface area contributed by atoms with E-state index in [0.717, 1.165) is 0 Å². The highest BCUT2D eigenvalue weighted by atomic mass is 19.1. The molecule has 4 aromatic carbocycles. The molecule has 6 rings (SSSR count). The Labute approximate surface area is 257 Å². The molecule has 2 N–H and O–H groups in total. The molecule has 5 aromatic rings. The van der Waals surface area contributed by atoms with Crippen LogP contribution in [-0.4, -0.2) is 52.9 Å². The number of fused-ring (bicyclic) bond motifs is 1. The van der Waals surface area contributed by atoms with E-state index in [1.165, 1.54) is 37.4 Å². The number of rotatable bonds is 8. The maximum absolute atomic E-state index is 14.4. The summed E-state index contributed by atoms with van der Waals surface area (Å²) in [7, 11) is 1.51. The number of carbonyl (C=O) groups excluding carboxylic acids is 2. The van der Waals surface area contributed by atoms with Gasteiger partial charge in [0.15, 0.2) is 0 Å². The number of hydrogen-bond donors (Lipinski definition) is 2. The molecule has 10 nitrogen and oxygen atoms in total. The van der Waals surface area contributed by atoms with Crippen LogP contribution in [0.4, 0.5) is 20.2 Å². The van der Waals surface area contributed by atoms with Crippen molar-refractivity contribution in [2.24, 2.45) is 0 Å². The molecule has 45 heavy (non-hydrogen) atoms. The van der Waals surface area contributed by atoms with Crippen LogP contribution in [-0.2, 0) is 9.47 Å². The van der Waals surface area contributed by atoms with Gasteiger partial charge in [-0.1, -0.05) is 30.3 Å². The first kappa shape index (κ1) is 29.7. The number of ether oxygens (including phenoxy) is 2. The molecule has 1 aromatic heterocycles. The Kier molecular flexibility index (Phi) is 8.67. The summed E-state index contributed by atoms with van der Waals surface area (Å²) in [6, 6.07) is 22.0. The Hall–Kier alpha value is -5.33. The second-order valence-corrected chi connectivity index (χ2v) is 10.4. The number of nitrogens with zero attached hydrogens (tertiary/aromatic N) is 4. The molecule has 1 unspecified atom stereocenters. The van der Waals surface area contributed by atoms with E-state index in [9.17, 15) is 18.4 Å². The zero-order valence-corrected chi connectivity index (χ0v) is 24.2. The number of tetrazole rings is 1. The highest BCUT2D eigenvalue weighted by molar-refractivity contribution is 6.12. The third kappa shape index (κ3) is 6.33. The van der Waals surface area contributed by atoms with Crippen molar-refractivity contribution in [1.82, 2.24) is 20.6 Å². The summed E-state index contributed by atoms with van der Waals surface area (Å²) >= 11 is 0. The summed E-state index contributed by atoms with van der Waals surface area (Å²) in [6.07, 6.45) is 0.680. The molecule has 1 aliphatic heterocycles. The molecule has 0 radical (unpaired) electrons.